The lowest BCUT2D eigenvalue weighted by Crippen LogP contribution is -2.20. The molecule has 96 valence electrons. The van der Waals surface area contributed by atoms with Crippen molar-refractivity contribution in [1.29, 1.82) is 5.41 Å². The standard InChI is InChI=1S/C16H17N3/c1-11-6-7-13(16(17)18)15(10-11)19-9-8-12-4-2-3-5-14(12)19/h2-7,10H,8-9H2,1H3,(H3,17,18). The molecule has 1 heterocycles. The Morgan fingerprint density at radius 1 is 1.16 bits per heavy atom. The van der Waals surface area contributed by atoms with E-state index in [1.54, 1.807) is 0 Å². The summed E-state index contributed by atoms with van der Waals surface area (Å²) in [5.74, 6) is 0.124. The Morgan fingerprint density at radius 2 is 1.95 bits per heavy atom. The van der Waals surface area contributed by atoms with Gasteiger partial charge in [-0.25, -0.2) is 0 Å². The minimum Gasteiger partial charge on any atom is -0.384 e. The molecule has 2 aromatic carbocycles. The molecular formula is C16H17N3. The second-order valence-corrected chi connectivity index (χ2v) is 4.96. The monoisotopic (exact) mass is 251 g/mol. The molecule has 2 aromatic rings. The minimum absolute atomic E-state index is 0.124. The molecule has 1 aliphatic heterocycles. The van der Waals surface area contributed by atoms with Crippen molar-refractivity contribution < 1.29 is 0 Å². The van der Waals surface area contributed by atoms with E-state index in [2.05, 4.69) is 42.2 Å². The van der Waals surface area contributed by atoms with Gasteiger partial charge in [0.1, 0.15) is 5.84 Å². The Morgan fingerprint density at radius 3 is 2.74 bits per heavy atom. The summed E-state index contributed by atoms with van der Waals surface area (Å²) >= 11 is 0. The lowest BCUT2D eigenvalue weighted by Gasteiger charge is -2.23. The number of anilines is 2. The average Bonchev–Trinajstić information content (AvgIpc) is 2.82. The third-order valence-electron chi connectivity index (χ3n) is 3.62. The van der Waals surface area contributed by atoms with E-state index in [1.165, 1.54) is 16.8 Å². The fourth-order valence-electron chi connectivity index (χ4n) is 2.68. The Bertz CT molecular complexity index is 646. The molecule has 0 aliphatic carbocycles. The second kappa shape index (κ2) is 4.43. The van der Waals surface area contributed by atoms with Crippen LogP contribution in [0.25, 0.3) is 0 Å². The highest BCUT2D eigenvalue weighted by atomic mass is 15.2. The molecule has 0 saturated carbocycles. The maximum Gasteiger partial charge on any atom is 0.124 e. The minimum atomic E-state index is 0.124. The number of aryl methyl sites for hydroxylation is 1. The predicted octanol–water partition coefficient (Wildman–Crippen LogP) is 2.97. The van der Waals surface area contributed by atoms with Gasteiger partial charge in [-0.3, -0.25) is 5.41 Å². The number of hydrogen-bond acceptors (Lipinski definition) is 2. The van der Waals surface area contributed by atoms with Crippen molar-refractivity contribution >= 4 is 17.2 Å². The number of nitrogens with zero attached hydrogens (tertiary/aromatic N) is 1. The van der Waals surface area contributed by atoms with Gasteiger partial charge in [0.2, 0.25) is 0 Å². The van der Waals surface area contributed by atoms with Gasteiger partial charge in [0, 0.05) is 17.8 Å². The van der Waals surface area contributed by atoms with Crippen molar-refractivity contribution in [3.63, 3.8) is 0 Å². The first-order valence-electron chi connectivity index (χ1n) is 6.47. The van der Waals surface area contributed by atoms with E-state index >= 15 is 0 Å². The van der Waals surface area contributed by atoms with Gasteiger partial charge in [0.25, 0.3) is 0 Å². The van der Waals surface area contributed by atoms with E-state index in [1.807, 2.05) is 12.1 Å². The molecule has 0 amide bonds. The van der Waals surface area contributed by atoms with Gasteiger partial charge in [-0.15, -0.1) is 0 Å². The van der Waals surface area contributed by atoms with E-state index in [4.69, 9.17) is 11.1 Å². The summed E-state index contributed by atoms with van der Waals surface area (Å²) in [4.78, 5) is 2.26. The van der Waals surface area contributed by atoms with E-state index in [0.29, 0.717) is 0 Å². The molecule has 1 aliphatic rings. The summed E-state index contributed by atoms with van der Waals surface area (Å²) in [6, 6.07) is 14.5. The van der Waals surface area contributed by atoms with Crippen LogP contribution in [-0.4, -0.2) is 12.4 Å². The number of nitrogens with two attached hydrogens (primary N) is 1. The van der Waals surface area contributed by atoms with Crippen molar-refractivity contribution in [1.82, 2.24) is 0 Å². The molecule has 19 heavy (non-hydrogen) atoms. The topological polar surface area (TPSA) is 53.1 Å². The molecule has 3 rings (SSSR count). The first-order valence-corrected chi connectivity index (χ1v) is 6.47. The molecule has 0 spiro atoms. The third kappa shape index (κ3) is 1.97. The molecule has 3 heteroatoms. The van der Waals surface area contributed by atoms with Crippen LogP contribution in [0.2, 0.25) is 0 Å². The summed E-state index contributed by atoms with van der Waals surface area (Å²) < 4.78 is 0. The average molecular weight is 251 g/mol. The smallest absolute Gasteiger partial charge is 0.124 e. The number of benzene rings is 2. The quantitative estimate of drug-likeness (QED) is 0.637. The lowest BCUT2D eigenvalue weighted by molar-refractivity contribution is 0.995. The summed E-state index contributed by atoms with van der Waals surface area (Å²) in [5, 5.41) is 7.75. The first kappa shape index (κ1) is 11.8. The Hall–Kier alpha value is -2.29. The SMILES string of the molecule is Cc1ccc(C(=N)N)c(N2CCc3ccccc32)c1. The van der Waals surface area contributed by atoms with Crippen LogP contribution in [0.1, 0.15) is 16.7 Å². The molecular weight excluding hydrogens is 234 g/mol. The second-order valence-electron chi connectivity index (χ2n) is 4.96. The van der Waals surface area contributed by atoms with Crippen molar-refractivity contribution in [2.45, 2.75) is 13.3 Å². The van der Waals surface area contributed by atoms with Crippen LogP contribution < -0.4 is 10.6 Å². The van der Waals surface area contributed by atoms with Gasteiger partial charge in [-0.1, -0.05) is 24.3 Å². The predicted molar refractivity (Wildman–Crippen MR) is 79.3 cm³/mol. The molecule has 0 radical (unpaired) electrons. The van der Waals surface area contributed by atoms with E-state index in [-0.39, 0.29) is 5.84 Å². The molecule has 3 nitrogen and oxygen atoms in total. The zero-order valence-electron chi connectivity index (χ0n) is 11.0. The van der Waals surface area contributed by atoms with Crippen LogP contribution in [-0.2, 0) is 6.42 Å². The van der Waals surface area contributed by atoms with Gasteiger partial charge >= 0.3 is 0 Å². The maximum atomic E-state index is 7.75. The lowest BCUT2D eigenvalue weighted by atomic mass is 10.1. The fourth-order valence-corrected chi connectivity index (χ4v) is 2.68. The number of amidine groups is 1. The molecule has 0 unspecified atom stereocenters. The van der Waals surface area contributed by atoms with E-state index < -0.39 is 0 Å². The number of para-hydroxylation sites is 1. The highest BCUT2D eigenvalue weighted by molar-refractivity contribution is 6.01. The number of nitrogens with one attached hydrogen (secondary N) is 1. The summed E-state index contributed by atoms with van der Waals surface area (Å²) in [7, 11) is 0. The van der Waals surface area contributed by atoms with Crippen molar-refractivity contribution in [2.75, 3.05) is 11.4 Å². The van der Waals surface area contributed by atoms with Gasteiger partial charge in [0.15, 0.2) is 0 Å². The van der Waals surface area contributed by atoms with Crippen molar-refractivity contribution in [2.24, 2.45) is 5.73 Å². The van der Waals surface area contributed by atoms with Crippen LogP contribution in [0.15, 0.2) is 42.5 Å². The summed E-state index contributed by atoms with van der Waals surface area (Å²) in [6.45, 7) is 3.01. The Kier molecular flexibility index (Phi) is 2.75. The zero-order valence-corrected chi connectivity index (χ0v) is 11.0. The highest BCUT2D eigenvalue weighted by Crippen LogP contribution is 2.36. The van der Waals surface area contributed by atoms with Crippen LogP contribution in [0.4, 0.5) is 11.4 Å². The molecule has 0 bridgehead atoms. The third-order valence-corrected chi connectivity index (χ3v) is 3.62. The summed E-state index contributed by atoms with van der Waals surface area (Å²) in [5.41, 5.74) is 11.3. The van der Waals surface area contributed by atoms with Gasteiger partial charge in [0.05, 0.1) is 5.69 Å². The number of nitrogen functional groups attached to an aromatic ring is 1. The Balaban J connectivity index is 2.13. The molecule has 0 atom stereocenters. The van der Waals surface area contributed by atoms with E-state index in [9.17, 15) is 0 Å². The molecule has 0 saturated heterocycles. The fraction of sp³-hybridized carbons (Fsp3) is 0.188. The summed E-state index contributed by atoms with van der Waals surface area (Å²) in [6.07, 6.45) is 1.04. The number of hydrogen-bond donors (Lipinski definition) is 2. The van der Waals surface area contributed by atoms with Crippen LogP contribution in [0, 0.1) is 12.3 Å². The number of rotatable bonds is 2. The van der Waals surface area contributed by atoms with Crippen LogP contribution >= 0.6 is 0 Å². The van der Waals surface area contributed by atoms with Crippen LogP contribution in [0.3, 0.4) is 0 Å². The van der Waals surface area contributed by atoms with Gasteiger partial charge < -0.3 is 10.6 Å². The normalized spacial score (nSPS) is 13.4. The van der Waals surface area contributed by atoms with Crippen LogP contribution in [0.5, 0.6) is 0 Å². The van der Waals surface area contributed by atoms with Gasteiger partial charge in [-0.2, -0.15) is 0 Å². The van der Waals surface area contributed by atoms with Gasteiger partial charge in [-0.05, 0) is 42.7 Å². The zero-order chi connectivity index (χ0) is 13.4. The van der Waals surface area contributed by atoms with E-state index in [0.717, 1.165) is 24.2 Å². The first-order chi connectivity index (χ1) is 9.16. The van der Waals surface area contributed by atoms with Crippen molar-refractivity contribution in [3.8, 4) is 0 Å². The molecule has 0 aromatic heterocycles. The van der Waals surface area contributed by atoms with Crippen molar-refractivity contribution in [3.05, 3.63) is 59.2 Å². The molecule has 0 fully saturated rings. The largest absolute Gasteiger partial charge is 0.384 e. The maximum absolute atomic E-state index is 7.75. The Labute approximate surface area is 113 Å². The molecule has 3 N–H and O–H groups in total. The number of fused-ring (bicyclic) bond motifs is 1. The highest BCUT2D eigenvalue weighted by Gasteiger charge is 2.22.